The van der Waals surface area contributed by atoms with Crippen LogP contribution in [0.1, 0.15) is 205 Å². The van der Waals surface area contributed by atoms with Gasteiger partial charge in [-0.05, 0) is 149 Å². The molecule has 0 unspecified atom stereocenters. The molecule has 0 spiro atoms. The van der Waals surface area contributed by atoms with Crippen LogP contribution in [0.15, 0.2) is 79.2 Å². The number of aliphatic imine (C=N–C) groups is 8. The van der Waals surface area contributed by atoms with Gasteiger partial charge in [0.25, 0.3) is 0 Å². The molecule has 8 bridgehead atoms. The zero-order valence-electron chi connectivity index (χ0n) is 51.8. The van der Waals surface area contributed by atoms with E-state index in [9.17, 15) is 0 Å². The maximum absolute atomic E-state index is 5.75. The van der Waals surface area contributed by atoms with E-state index in [0.29, 0.717) is 0 Å². The summed E-state index contributed by atoms with van der Waals surface area (Å²) in [5.41, 5.74) is 0. The quantitative estimate of drug-likeness (QED) is 0.0439. The van der Waals surface area contributed by atoms with Crippen LogP contribution >= 0.6 is 222 Å². The van der Waals surface area contributed by atoms with Crippen molar-refractivity contribution in [1.82, 2.24) is 0 Å². The van der Waals surface area contributed by atoms with E-state index >= 15 is 0 Å². The minimum atomic E-state index is 0.725. The number of unbranched alkanes of at least 4 members (excludes halogenated alkanes) is 24. The highest BCUT2D eigenvalue weighted by Crippen LogP contribution is 2.45. The largest absolute Gasteiger partial charge is 0.207 e. The fourth-order valence-corrected chi connectivity index (χ4v) is 22.0. The molecule has 0 aromatic heterocycles. The molecular formula is C64H96Br8N8S8. The van der Waals surface area contributed by atoms with Gasteiger partial charge in [0.05, 0.1) is 39.2 Å². The average Bonchev–Trinajstić information content (AvgIpc) is 2.46. The van der Waals surface area contributed by atoms with E-state index in [1.54, 1.807) is 0 Å². The summed E-state index contributed by atoms with van der Waals surface area (Å²) in [6, 6.07) is 0. The monoisotopic (exact) mass is 1860 g/mol. The first-order valence-corrected chi connectivity index (χ1v) is 49.5. The van der Waals surface area contributed by atoms with Crippen molar-refractivity contribution in [1.29, 1.82) is 0 Å². The number of rotatable bonds is 56. The Morgan fingerprint density at radius 1 is 0.148 bits per heavy atom. The minimum absolute atomic E-state index is 0.725. The van der Waals surface area contributed by atoms with E-state index in [1.807, 2.05) is 94.1 Å². The van der Waals surface area contributed by atoms with Gasteiger partial charge >= 0.3 is 0 Å². The second-order valence-electron chi connectivity index (χ2n) is 21.7. The Balaban J connectivity index is 1.83. The Morgan fingerprint density at radius 3 is 0.352 bits per heavy atom. The topological polar surface area (TPSA) is 98.9 Å². The Morgan fingerprint density at radius 2 is 0.250 bits per heavy atom. The molecule has 8 nitrogen and oxygen atoms in total. The van der Waals surface area contributed by atoms with Crippen LogP contribution in [0.5, 0.6) is 0 Å². The van der Waals surface area contributed by atoms with Gasteiger partial charge < -0.3 is 0 Å². The fourth-order valence-electron chi connectivity index (χ4n) is 9.46. The predicted octanol–water partition coefficient (Wildman–Crippen LogP) is 25.6. The lowest BCUT2D eigenvalue weighted by Gasteiger charge is -2.11. The summed E-state index contributed by atoms with van der Waals surface area (Å²) in [6.45, 7) is 0. The summed E-state index contributed by atoms with van der Waals surface area (Å²) < 4.78 is 0. The predicted molar refractivity (Wildman–Crippen MR) is 445 cm³/mol. The van der Waals surface area contributed by atoms with Gasteiger partial charge in [-0.1, -0.05) is 230 Å². The van der Waals surface area contributed by atoms with Gasteiger partial charge in [0.2, 0.25) is 0 Å². The molecule has 0 aromatic carbocycles. The van der Waals surface area contributed by atoms with Crippen LogP contribution < -0.4 is 0 Å². The Labute approximate surface area is 633 Å². The summed E-state index contributed by atoms with van der Waals surface area (Å²) >= 11 is 44.9. The molecule has 5 aliphatic heterocycles. The average molecular weight is 1870 g/mol. The van der Waals surface area contributed by atoms with Crippen LogP contribution in [0.25, 0.3) is 0 Å². The van der Waals surface area contributed by atoms with E-state index in [1.165, 1.54) is 154 Å². The number of amidine groups is 8. The third-order valence-corrected chi connectivity index (χ3v) is 28.7. The van der Waals surface area contributed by atoms with Crippen LogP contribution in [0, 0.1) is 0 Å². The van der Waals surface area contributed by atoms with Gasteiger partial charge in [-0.2, -0.15) is 0 Å². The normalized spacial score (nSPS) is 15.9. The van der Waals surface area contributed by atoms with Crippen LogP contribution in [0.2, 0.25) is 0 Å². The zero-order chi connectivity index (χ0) is 62.5. The second-order valence-corrected chi connectivity index (χ2v) is 36.9. The first kappa shape index (κ1) is 81.6. The summed E-state index contributed by atoms with van der Waals surface area (Å²) in [4.78, 5) is 54.6. The van der Waals surface area contributed by atoms with Crippen LogP contribution in [0.3, 0.4) is 0 Å². The standard InChI is InChI=1S/C64H96Br8N8S8/c65-33-17-1-9-25-41-81-49-50(82-42-26-10-2-18-34-66)58-73-57(49)77-59-51(83-43-27-11-3-19-35-67)52(84-44-28-12-4-20-36-68)61(74-59)79-63-55(87-47-31-15-7-23-39-71)56(88-48-32-16-8-24-40-72)64(76-63)80-62-54(86-46-30-14-6-22-38-70)53(60(75-62)78-58)85-45-29-13-5-21-37-69/h1-48H2. The number of hydrogen-bond acceptors (Lipinski definition) is 16. The number of hydrogen-bond donors (Lipinski definition) is 0. The first-order chi connectivity index (χ1) is 43.5. The number of nitrogens with zero attached hydrogens (tertiary/aromatic N) is 8. The number of alkyl halides is 8. The molecule has 0 saturated heterocycles. The zero-order valence-corrected chi connectivity index (χ0v) is 71.0. The molecule has 0 aromatic rings. The summed E-state index contributed by atoms with van der Waals surface area (Å²) in [6.07, 6.45) is 37.8. The Kier molecular flexibility index (Phi) is 50.0. The number of halogens is 8. The SMILES string of the molecule is BrCCCCCCSC1=C(SCCCCCCBr)C2=NC3=NC(=NC4=NC(=NC5=NC(=NC1=N2)C(SCCCCCCBr)=C5SCCCCCCBr)C(SCCCCCCBr)=C4SCCCCCCBr)C(SCCCCCCBr)=C3SCCCCCCBr. The van der Waals surface area contributed by atoms with E-state index in [-0.39, 0.29) is 0 Å². The van der Waals surface area contributed by atoms with Gasteiger partial charge in [0.1, 0.15) is 0 Å². The lowest BCUT2D eigenvalue weighted by atomic mass is 10.2. The molecule has 5 heterocycles. The van der Waals surface area contributed by atoms with Gasteiger partial charge in [0.15, 0.2) is 46.7 Å². The van der Waals surface area contributed by atoms with Gasteiger partial charge in [-0.3, -0.25) is 0 Å². The van der Waals surface area contributed by atoms with Crippen molar-refractivity contribution < 1.29 is 0 Å². The van der Waals surface area contributed by atoms with Crippen LogP contribution in [-0.2, 0) is 0 Å². The summed E-state index contributed by atoms with van der Waals surface area (Å²) in [7, 11) is 0. The molecule has 0 atom stereocenters. The second kappa shape index (κ2) is 53.9. The first-order valence-electron chi connectivity index (χ1n) is 32.7. The van der Waals surface area contributed by atoms with Crippen molar-refractivity contribution in [2.75, 3.05) is 88.7 Å². The fraction of sp³-hybridized carbons (Fsp3) is 0.750. The molecule has 5 aliphatic rings. The highest BCUT2D eigenvalue weighted by molar-refractivity contribution is 9.10. The maximum atomic E-state index is 5.75. The molecule has 0 fully saturated rings. The third kappa shape index (κ3) is 31.9. The minimum Gasteiger partial charge on any atom is -0.207 e. The van der Waals surface area contributed by atoms with Crippen molar-refractivity contribution in [3.05, 3.63) is 39.2 Å². The van der Waals surface area contributed by atoms with E-state index < -0.39 is 0 Å². The number of thioether (sulfide) groups is 8. The highest BCUT2D eigenvalue weighted by Gasteiger charge is 2.36. The van der Waals surface area contributed by atoms with Crippen molar-refractivity contribution >= 4 is 268 Å². The van der Waals surface area contributed by atoms with Gasteiger partial charge in [0, 0.05) is 42.6 Å². The lowest BCUT2D eigenvalue weighted by Crippen LogP contribution is -2.03. The van der Waals surface area contributed by atoms with Crippen LogP contribution in [-0.4, -0.2) is 135 Å². The molecule has 0 aliphatic carbocycles. The molecule has 0 saturated carbocycles. The van der Waals surface area contributed by atoms with Crippen molar-refractivity contribution in [2.45, 2.75) is 205 Å². The molecule has 24 heteroatoms. The highest BCUT2D eigenvalue weighted by atomic mass is 79.9. The molecule has 0 N–H and O–H groups in total. The maximum Gasteiger partial charge on any atom is 0.171 e. The molecule has 496 valence electrons. The lowest BCUT2D eigenvalue weighted by molar-refractivity contribution is 0.713. The molecular weight excluding hydrogens is 1780 g/mol. The number of fused-ring (bicyclic) bond motifs is 4. The molecule has 88 heavy (non-hydrogen) atoms. The summed E-state index contributed by atoms with van der Waals surface area (Å²) in [5.74, 6) is 13.7. The van der Waals surface area contributed by atoms with Crippen molar-refractivity contribution in [3.63, 3.8) is 0 Å². The third-order valence-electron chi connectivity index (χ3n) is 14.3. The molecule has 0 radical (unpaired) electrons. The van der Waals surface area contributed by atoms with Crippen molar-refractivity contribution in [3.8, 4) is 0 Å². The summed E-state index contributed by atoms with van der Waals surface area (Å²) in [5, 5.41) is 8.38. The van der Waals surface area contributed by atoms with Gasteiger partial charge in [-0.15, -0.1) is 94.1 Å². The van der Waals surface area contributed by atoms with E-state index in [2.05, 4.69) is 127 Å². The van der Waals surface area contributed by atoms with Crippen molar-refractivity contribution in [2.24, 2.45) is 39.9 Å². The van der Waals surface area contributed by atoms with E-state index in [0.717, 1.165) is 226 Å². The van der Waals surface area contributed by atoms with Crippen LogP contribution in [0.4, 0.5) is 0 Å². The molecule has 0 amide bonds. The van der Waals surface area contributed by atoms with Gasteiger partial charge in [-0.25, -0.2) is 39.9 Å². The molecule has 5 rings (SSSR count). The van der Waals surface area contributed by atoms with E-state index in [4.69, 9.17) is 39.9 Å². The smallest absolute Gasteiger partial charge is 0.171 e. The Hall–Kier alpha value is 2.96. The Bertz CT molecular complexity index is 2100.